The minimum atomic E-state index is -1.23. The van der Waals surface area contributed by atoms with Gasteiger partial charge in [0.1, 0.15) is 42.4 Å². The summed E-state index contributed by atoms with van der Waals surface area (Å²) in [5.74, 6) is -0.107. The topological polar surface area (TPSA) is 132 Å². The summed E-state index contributed by atoms with van der Waals surface area (Å²) in [7, 11) is 0. The normalized spacial score (nSPS) is 32.4. The summed E-state index contributed by atoms with van der Waals surface area (Å²) >= 11 is 0. The summed E-state index contributed by atoms with van der Waals surface area (Å²) < 4.78 is 12.9. The number of rotatable bonds is 4. The van der Waals surface area contributed by atoms with E-state index < -0.39 is 23.9 Å². The predicted molar refractivity (Wildman–Crippen MR) is 99.1 cm³/mol. The molecule has 1 saturated heterocycles. The summed E-state index contributed by atoms with van der Waals surface area (Å²) in [4.78, 5) is 16.2. The second-order valence-electron chi connectivity index (χ2n) is 8.86. The molecule has 9 heteroatoms. The van der Waals surface area contributed by atoms with Gasteiger partial charge in [0.25, 0.3) is 0 Å². The van der Waals surface area contributed by atoms with Crippen molar-refractivity contribution in [3.63, 3.8) is 0 Å². The number of carbonyl (C=O) groups is 1. The third-order valence-corrected chi connectivity index (χ3v) is 5.89. The Balaban J connectivity index is 1.49. The Bertz CT molecular complexity index is 905. The largest absolute Gasteiger partial charge is 0.462 e. The van der Waals surface area contributed by atoms with Gasteiger partial charge < -0.3 is 25.4 Å². The van der Waals surface area contributed by atoms with E-state index in [0.717, 1.165) is 12.8 Å². The van der Waals surface area contributed by atoms with E-state index in [1.165, 1.54) is 10.8 Å². The van der Waals surface area contributed by atoms with Gasteiger partial charge >= 0.3 is 5.97 Å². The quantitative estimate of drug-likeness (QED) is 0.655. The Morgan fingerprint density at radius 3 is 2.75 bits per heavy atom. The highest BCUT2D eigenvalue weighted by Crippen LogP contribution is 2.46. The van der Waals surface area contributed by atoms with Crippen molar-refractivity contribution in [2.24, 2.45) is 11.3 Å². The van der Waals surface area contributed by atoms with Crippen molar-refractivity contribution in [3.8, 4) is 0 Å². The highest BCUT2D eigenvalue weighted by atomic mass is 16.6. The molecule has 4 N–H and O–H groups in total. The van der Waals surface area contributed by atoms with Crippen molar-refractivity contribution < 1.29 is 24.5 Å². The van der Waals surface area contributed by atoms with Crippen LogP contribution in [0.5, 0.6) is 0 Å². The van der Waals surface area contributed by atoms with E-state index in [0.29, 0.717) is 17.0 Å². The second kappa shape index (κ2) is 6.40. The van der Waals surface area contributed by atoms with E-state index in [-0.39, 0.29) is 23.9 Å². The van der Waals surface area contributed by atoms with Gasteiger partial charge in [0.05, 0.1) is 11.6 Å². The maximum absolute atomic E-state index is 12.3. The van der Waals surface area contributed by atoms with E-state index in [4.69, 9.17) is 15.2 Å². The number of nitrogens with zero attached hydrogens (tertiary/aromatic N) is 3. The molecule has 4 rings (SSSR count). The van der Waals surface area contributed by atoms with Gasteiger partial charge in [-0.25, -0.2) is 9.50 Å². The molecule has 0 amide bonds. The summed E-state index contributed by atoms with van der Waals surface area (Å²) in [5.41, 5.74) is 5.89. The van der Waals surface area contributed by atoms with Gasteiger partial charge in [0.2, 0.25) is 0 Å². The van der Waals surface area contributed by atoms with Gasteiger partial charge in [-0.1, -0.05) is 13.8 Å². The van der Waals surface area contributed by atoms with Gasteiger partial charge in [0.15, 0.2) is 5.82 Å². The van der Waals surface area contributed by atoms with Gasteiger partial charge in [-0.05, 0) is 37.3 Å². The van der Waals surface area contributed by atoms with Crippen LogP contribution in [0.4, 0.5) is 5.82 Å². The van der Waals surface area contributed by atoms with Crippen LogP contribution in [0.3, 0.4) is 0 Å². The Labute approximate surface area is 162 Å². The molecule has 0 unspecified atom stereocenters. The number of hydrogen-bond acceptors (Lipinski definition) is 8. The molecular weight excluding hydrogens is 364 g/mol. The number of aliphatic hydroxyl groups excluding tert-OH is 2. The molecule has 1 aliphatic carbocycles. The van der Waals surface area contributed by atoms with Crippen molar-refractivity contribution in [2.45, 2.75) is 57.5 Å². The number of esters is 1. The molecule has 2 aromatic rings. The first-order valence-corrected chi connectivity index (χ1v) is 9.40. The average molecular weight is 390 g/mol. The van der Waals surface area contributed by atoms with Crippen LogP contribution in [-0.2, 0) is 14.3 Å². The third kappa shape index (κ3) is 3.03. The van der Waals surface area contributed by atoms with Crippen LogP contribution in [0.2, 0.25) is 0 Å². The van der Waals surface area contributed by atoms with E-state index in [9.17, 15) is 15.0 Å². The van der Waals surface area contributed by atoms with E-state index in [1.807, 2.05) is 0 Å². The number of ether oxygens (including phenoxy) is 2. The summed E-state index contributed by atoms with van der Waals surface area (Å²) in [6.45, 7) is 5.71. The van der Waals surface area contributed by atoms with Crippen molar-refractivity contribution in [3.05, 3.63) is 24.2 Å². The lowest BCUT2D eigenvalue weighted by Crippen LogP contribution is -2.46. The number of aromatic nitrogens is 3. The molecule has 0 spiro atoms. The zero-order valence-electron chi connectivity index (χ0n) is 16.2. The van der Waals surface area contributed by atoms with Crippen LogP contribution in [0.25, 0.3) is 5.52 Å². The van der Waals surface area contributed by atoms with Crippen LogP contribution < -0.4 is 5.73 Å². The molecule has 1 saturated carbocycles. The van der Waals surface area contributed by atoms with Crippen LogP contribution in [0.15, 0.2) is 18.5 Å². The number of nitrogen functional groups attached to an aromatic ring is 1. The van der Waals surface area contributed by atoms with E-state index in [1.54, 1.807) is 19.1 Å². The number of anilines is 1. The fraction of sp³-hybridized carbons (Fsp3) is 0.632. The maximum atomic E-state index is 12.3. The highest BCUT2D eigenvalue weighted by Gasteiger charge is 2.53. The smallest absolute Gasteiger partial charge is 0.309 e. The molecule has 4 atom stereocenters. The SMILES string of the molecule is CC1(C)CC(C(=O)OC[C@@]2(C)O[C@@H](c3ccc4c(N)ncnn34)[C@H](O)[C@@H]2O)C1. The molecule has 2 aliphatic rings. The van der Waals surface area contributed by atoms with Crippen molar-refractivity contribution in [1.29, 1.82) is 0 Å². The molecule has 2 fully saturated rings. The average Bonchev–Trinajstić information content (AvgIpc) is 3.14. The molecule has 0 bridgehead atoms. The number of fused-ring (bicyclic) bond motifs is 1. The van der Waals surface area contributed by atoms with Crippen LogP contribution in [0, 0.1) is 11.3 Å². The lowest BCUT2D eigenvalue weighted by Gasteiger charge is -2.41. The van der Waals surface area contributed by atoms with Gasteiger partial charge in [0, 0.05) is 0 Å². The first kappa shape index (κ1) is 19.1. The zero-order valence-corrected chi connectivity index (χ0v) is 16.2. The maximum Gasteiger partial charge on any atom is 0.309 e. The molecule has 152 valence electrons. The predicted octanol–water partition coefficient (Wildman–Crippen LogP) is 0.843. The van der Waals surface area contributed by atoms with Crippen molar-refractivity contribution in [1.82, 2.24) is 14.6 Å². The zero-order chi connectivity index (χ0) is 20.3. The minimum absolute atomic E-state index is 0.118. The van der Waals surface area contributed by atoms with Gasteiger partial charge in [-0.15, -0.1) is 0 Å². The summed E-state index contributed by atoms with van der Waals surface area (Å²) in [5, 5.41) is 25.3. The van der Waals surface area contributed by atoms with Crippen LogP contribution >= 0.6 is 0 Å². The Morgan fingerprint density at radius 1 is 1.36 bits per heavy atom. The van der Waals surface area contributed by atoms with E-state index in [2.05, 4.69) is 23.9 Å². The molecule has 28 heavy (non-hydrogen) atoms. The molecule has 0 radical (unpaired) electrons. The third-order valence-electron chi connectivity index (χ3n) is 5.89. The van der Waals surface area contributed by atoms with Gasteiger partial charge in [-0.2, -0.15) is 5.10 Å². The Kier molecular flexibility index (Phi) is 4.36. The molecular formula is C19H26N4O5. The number of carbonyl (C=O) groups excluding carboxylic acids is 1. The first-order valence-electron chi connectivity index (χ1n) is 9.40. The molecule has 0 aromatic carbocycles. The molecule has 9 nitrogen and oxygen atoms in total. The minimum Gasteiger partial charge on any atom is -0.462 e. The Hall–Kier alpha value is -2.23. The van der Waals surface area contributed by atoms with Gasteiger partial charge in [-0.3, -0.25) is 4.79 Å². The molecule has 2 aromatic heterocycles. The Morgan fingerprint density at radius 2 is 2.07 bits per heavy atom. The number of nitrogens with two attached hydrogens (primary N) is 1. The lowest BCUT2D eigenvalue weighted by molar-refractivity contribution is -0.170. The van der Waals surface area contributed by atoms with E-state index >= 15 is 0 Å². The standard InChI is InChI=1S/C19H26N4O5/c1-18(2)6-10(7-18)17(26)27-8-19(3)15(25)13(24)14(28-19)11-4-5-12-16(20)21-9-22-23(11)12/h4-5,9-10,13-15,24-25H,6-8H2,1-3H3,(H2,20,21,22)/t13-,14-,15-,19+/m0/s1. The second-order valence-corrected chi connectivity index (χ2v) is 8.86. The molecule has 1 aliphatic heterocycles. The van der Waals surface area contributed by atoms with Crippen LogP contribution in [-0.4, -0.2) is 55.2 Å². The van der Waals surface area contributed by atoms with Crippen LogP contribution in [0.1, 0.15) is 45.4 Å². The first-order chi connectivity index (χ1) is 13.1. The fourth-order valence-corrected chi connectivity index (χ4v) is 4.27. The number of hydrogen-bond donors (Lipinski definition) is 3. The van der Waals surface area contributed by atoms with Crippen molar-refractivity contribution in [2.75, 3.05) is 12.3 Å². The summed E-state index contributed by atoms with van der Waals surface area (Å²) in [6, 6.07) is 3.44. The monoisotopic (exact) mass is 390 g/mol. The van der Waals surface area contributed by atoms with Crippen molar-refractivity contribution >= 4 is 17.3 Å². The lowest BCUT2D eigenvalue weighted by atomic mass is 9.64. The number of aliphatic hydroxyl groups is 2. The fourth-order valence-electron chi connectivity index (χ4n) is 4.27. The highest BCUT2D eigenvalue weighted by molar-refractivity contribution is 5.73. The molecule has 3 heterocycles. The summed E-state index contributed by atoms with van der Waals surface area (Å²) in [6.07, 6.45) is -0.403.